The Morgan fingerprint density at radius 1 is 1.42 bits per heavy atom. The molecule has 0 aromatic heterocycles. The van der Waals surface area contributed by atoms with Crippen molar-refractivity contribution in [1.82, 2.24) is 0 Å². The second-order valence-corrected chi connectivity index (χ2v) is 5.51. The van der Waals surface area contributed by atoms with Crippen LogP contribution in [0.3, 0.4) is 0 Å². The smallest absolute Gasteiger partial charge is 0.337 e. The van der Waals surface area contributed by atoms with E-state index in [1.165, 1.54) is 20.0 Å². The van der Waals surface area contributed by atoms with E-state index in [-0.39, 0.29) is 5.97 Å². The molecule has 1 N–H and O–H groups in total. The normalized spacial score (nSPS) is 27.6. The summed E-state index contributed by atoms with van der Waals surface area (Å²) in [6.45, 7) is 2.06. The maximum atomic E-state index is 11.6. The van der Waals surface area contributed by atoms with Crippen LogP contribution in [0.15, 0.2) is 30.4 Å². The van der Waals surface area contributed by atoms with Crippen LogP contribution in [0.1, 0.15) is 28.8 Å². The highest BCUT2D eigenvalue weighted by Crippen LogP contribution is 2.44. The van der Waals surface area contributed by atoms with Crippen LogP contribution < -0.4 is 5.32 Å². The Morgan fingerprint density at radius 3 is 3.00 bits per heavy atom. The Balaban J connectivity index is 1.76. The van der Waals surface area contributed by atoms with Gasteiger partial charge in [0, 0.05) is 17.6 Å². The molecule has 1 saturated carbocycles. The van der Waals surface area contributed by atoms with Crippen molar-refractivity contribution in [3.05, 3.63) is 41.5 Å². The topological polar surface area (TPSA) is 38.3 Å². The van der Waals surface area contributed by atoms with Gasteiger partial charge >= 0.3 is 5.97 Å². The quantitative estimate of drug-likeness (QED) is 0.667. The lowest BCUT2D eigenvalue weighted by molar-refractivity contribution is 0.0601. The van der Waals surface area contributed by atoms with Gasteiger partial charge in [-0.25, -0.2) is 4.79 Å². The monoisotopic (exact) mass is 257 g/mol. The molecule has 0 amide bonds. The Kier molecular flexibility index (Phi) is 3.05. The minimum absolute atomic E-state index is 0.282. The van der Waals surface area contributed by atoms with Crippen molar-refractivity contribution in [2.75, 3.05) is 12.4 Å². The van der Waals surface area contributed by atoms with Crippen LogP contribution in [-0.2, 0) is 4.74 Å². The maximum absolute atomic E-state index is 11.6. The number of esters is 1. The fraction of sp³-hybridized carbons (Fsp3) is 0.438. The van der Waals surface area contributed by atoms with Gasteiger partial charge in [-0.2, -0.15) is 0 Å². The molecule has 3 unspecified atom stereocenters. The number of rotatable bonds is 3. The van der Waals surface area contributed by atoms with E-state index < -0.39 is 0 Å². The molecule has 1 aromatic rings. The molecule has 0 spiro atoms. The zero-order valence-electron chi connectivity index (χ0n) is 11.3. The first-order valence-electron chi connectivity index (χ1n) is 6.81. The van der Waals surface area contributed by atoms with Crippen molar-refractivity contribution >= 4 is 11.7 Å². The van der Waals surface area contributed by atoms with Gasteiger partial charge in [0.25, 0.3) is 0 Å². The van der Waals surface area contributed by atoms with E-state index in [0.717, 1.165) is 17.2 Å². The summed E-state index contributed by atoms with van der Waals surface area (Å²) < 4.78 is 4.77. The summed E-state index contributed by atoms with van der Waals surface area (Å²) in [5, 5.41) is 3.58. The molecule has 0 bridgehead atoms. The standard InChI is InChI=1S/C16H19NO2/c1-10-6-7-12(16(18)19-2)9-14(10)17-15-8-11-4-3-5-13(11)15/h3,5-7,9,11,13,15,17H,4,8H2,1-2H3. The van der Waals surface area contributed by atoms with Crippen LogP contribution in [0.4, 0.5) is 5.69 Å². The molecule has 2 aliphatic rings. The number of methoxy groups -OCH3 is 1. The van der Waals surface area contributed by atoms with Gasteiger partial charge in [0.15, 0.2) is 0 Å². The molecule has 3 atom stereocenters. The third kappa shape index (κ3) is 2.14. The minimum Gasteiger partial charge on any atom is -0.465 e. The maximum Gasteiger partial charge on any atom is 0.337 e. The lowest BCUT2D eigenvalue weighted by atomic mass is 9.71. The highest BCUT2D eigenvalue weighted by molar-refractivity contribution is 5.90. The zero-order valence-corrected chi connectivity index (χ0v) is 11.3. The number of fused-ring (bicyclic) bond motifs is 1. The van der Waals surface area contributed by atoms with Crippen molar-refractivity contribution in [3.8, 4) is 0 Å². The van der Waals surface area contributed by atoms with Gasteiger partial charge in [-0.15, -0.1) is 0 Å². The van der Waals surface area contributed by atoms with E-state index in [1.807, 2.05) is 18.2 Å². The summed E-state index contributed by atoms with van der Waals surface area (Å²) in [7, 11) is 1.41. The molecule has 2 aliphatic carbocycles. The van der Waals surface area contributed by atoms with E-state index in [0.29, 0.717) is 17.5 Å². The number of carbonyl (C=O) groups is 1. The summed E-state index contributed by atoms with van der Waals surface area (Å²) in [5.41, 5.74) is 2.82. The first-order valence-corrected chi connectivity index (χ1v) is 6.81. The van der Waals surface area contributed by atoms with Crippen LogP contribution >= 0.6 is 0 Å². The number of allylic oxidation sites excluding steroid dienone is 1. The number of aryl methyl sites for hydroxylation is 1. The number of carbonyl (C=O) groups excluding carboxylic acids is 1. The van der Waals surface area contributed by atoms with Crippen LogP contribution in [0, 0.1) is 18.8 Å². The molecule has 3 nitrogen and oxygen atoms in total. The van der Waals surface area contributed by atoms with Gasteiger partial charge in [-0.3, -0.25) is 0 Å². The van der Waals surface area contributed by atoms with E-state index in [4.69, 9.17) is 4.74 Å². The van der Waals surface area contributed by atoms with E-state index >= 15 is 0 Å². The predicted octanol–water partition coefficient (Wildman–Crippen LogP) is 3.16. The van der Waals surface area contributed by atoms with Crippen LogP contribution in [-0.4, -0.2) is 19.1 Å². The van der Waals surface area contributed by atoms with Gasteiger partial charge in [-0.1, -0.05) is 18.2 Å². The molecule has 19 heavy (non-hydrogen) atoms. The number of hydrogen-bond donors (Lipinski definition) is 1. The summed E-state index contributed by atoms with van der Waals surface area (Å²) in [6, 6.07) is 6.18. The average molecular weight is 257 g/mol. The third-order valence-corrected chi connectivity index (χ3v) is 4.36. The van der Waals surface area contributed by atoms with E-state index in [1.54, 1.807) is 0 Å². The number of nitrogens with one attached hydrogen (secondary N) is 1. The number of ether oxygens (including phenoxy) is 1. The molecular formula is C16H19NO2. The SMILES string of the molecule is COC(=O)c1ccc(C)c(NC2CC3CC=CC32)c1. The first-order chi connectivity index (χ1) is 9.19. The van der Waals surface area contributed by atoms with Gasteiger partial charge in [0.05, 0.1) is 12.7 Å². The molecule has 0 aliphatic heterocycles. The highest BCUT2D eigenvalue weighted by Gasteiger charge is 2.41. The second kappa shape index (κ2) is 4.72. The first kappa shape index (κ1) is 12.3. The Labute approximate surface area is 113 Å². The van der Waals surface area contributed by atoms with Crippen molar-refractivity contribution in [3.63, 3.8) is 0 Å². The van der Waals surface area contributed by atoms with Crippen molar-refractivity contribution in [2.24, 2.45) is 11.8 Å². The molecule has 1 fully saturated rings. The molecule has 1 aromatic carbocycles. The van der Waals surface area contributed by atoms with Crippen molar-refractivity contribution in [2.45, 2.75) is 25.8 Å². The van der Waals surface area contributed by atoms with Crippen molar-refractivity contribution in [1.29, 1.82) is 0 Å². The van der Waals surface area contributed by atoms with Crippen LogP contribution in [0.25, 0.3) is 0 Å². The Bertz CT molecular complexity index is 536. The number of hydrogen-bond acceptors (Lipinski definition) is 3. The molecular weight excluding hydrogens is 238 g/mol. The van der Waals surface area contributed by atoms with Gasteiger partial charge in [0.1, 0.15) is 0 Å². The fourth-order valence-corrected chi connectivity index (χ4v) is 3.11. The molecule has 0 radical (unpaired) electrons. The summed E-state index contributed by atoms with van der Waals surface area (Å²) >= 11 is 0. The highest BCUT2D eigenvalue weighted by atomic mass is 16.5. The Hall–Kier alpha value is -1.77. The summed E-state index contributed by atoms with van der Waals surface area (Å²) in [6.07, 6.45) is 7.06. The van der Waals surface area contributed by atoms with E-state index in [9.17, 15) is 4.79 Å². The third-order valence-electron chi connectivity index (χ3n) is 4.36. The molecule has 3 heteroatoms. The second-order valence-electron chi connectivity index (χ2n) is 5.51. The van der Waals surface area contributed by atoms with E-state index in [2.05, 4.69) is 24.4 Å². The number of anilines is 1. The molecule has 0 heterocycles. The molecule has 100 valence electrons. The van der Waals surface area contributed by atoms with Gasteiger partial charge in [-0.05, 0) is 43.4 Å². The summed E-state index contributed by atoms with van der Waals surface area (Å²) in [5.74, 6) is 1.22. The Morgan fingerprint density at radius 2 is 2.26 bits per heavy atom. The molecule has 0 saturated heterocycles. The van der Waals surface area contributed by atoms with Crippen molar-refractivity contribution < 1.29 is 9.53 Å². The average Bonchev–Trinajstić information content (AvgIpc) is 2.78. The number of benzene rings is 1. The van der Waals surface area contributed by atoms with Gasteiger partial charge in [0.2, 0.25) is 0 Å². The lowest BCUT2D eigenvalue weighted by Crippen LogP contribution is -2.43. The zero-order chi connectivity index (χ0) is 13.4. The fourth-order valence-electron chi connectivity index (χ4n) is 3.11. The van der Waals surface area contributed by atoms with Gasteiger partial charge < -0.3 is 10.1 Å². The summed E-state index contributed by atoms with van der Waals surface area (Å²) in [4.78, 5) is 11.6. The lowest BCUT2D eigenvalue weighted by Gasteiger charge is -2.41. The predicted molar refractivity (Wildman–Crippen MR) is 75.3 cm³/mol. The minimum atomic E-state index is -0.282. The van der Waals surface area contributed by atoms with Crippen LogP contribution in [0.2, 0.25) is 0 Å². The molecule has 3 rings (SSSR count). The van der Waals surface area contributed by atoms with Crippen LogP contribution in [0.5, 0.6) is 0 Å². The largest absolute Gasteiger partial charge is 0.465 e.